The Balaban J connectivity index is 1.45. The van der Waals surface area contributed by atoms with Crippen molar-refractivity contribution in [2.75, 3.05) is 25.1 Å². The van der Waals surface area contributed by atoms with Gasteiger partial charge in [0.05, 0.1) is 36.6 Å². The number of ether oxygens (including phenoxy) is 1. The predicted molar refractivity (Wildman–Crippen MR) is 102 cm³/mol. The van der Waals surface area contributed by atoms with Gasteiger partial charge in [-0.1, -0.05) is 0 Å². The maximum atomic E-state index is 12.6. The number of amides is 2. The summed E-state index contributed by atoms with van der Waals surface area (Å²) in [6, 6.07) is 12.3. The topological polar surface area (TPSA) is 87.3 Å². The Morgan fingerprint density at radius 2 is 1.96 bits per heavy atom. The Hall–Kier alpha value is -3.19. The van der Waals surface area contributed by atoms with Gasteiger partial charge in [0.25, 0.3) is 11.8 Å². The minimum Gasteiger partial charge on any atom is -0.377 e. The first-order valence-corrected chi connectivity index (χ1v) is 8.85. The lowest BCUT2D eigenvalue weighted by Crippen LogP contribution is -2.47. The van der Waals surface area contributed by atoms with E-state index in [-0.39, 0.29) is 17.9 Å². The molecule has 4 rings (SSSR count). The van der Waals surface area contributed by atoms with Gasteiger partial charge in [0, 0.05) is 23.4 Å². The van der Waals surface area contributed by atoms with E-state index in [2.05, 4.69) is 15.3 Å². The van der Waals surface area contributed by atoms with Crippen molar-refractivity contribution in [3.63, 3.8) is 0 Å². The van der Waals surface area contributed by atoms with Gasteiger partial charge in [0.2, 0.25) is 0 Å². The fourth-order valence-electron chi connectivity index (χ4n) is 3.17. The Labute approximate surface area is 156 Å². The molecule has 7 nitrogen and oxygen atoms in total. The average molecular weight is 364 g/mol. The molecule has 3 aromatic rings. The maximum absolute atomic E-state index is 12.6. The maximum Gasteiger partial charge on any atom is 0.255 e. The molecule has 1 aliphatic rings. The Morgan fingerprint density at radius 3 is 2.74 bits per heavy atom. The molecule has 0 saturated carbocycles. The molecule has 1 fully saturated rings. The Morgan fingerprint density at radius 1 is 1.19 bits per heavy atom. The number of hydrogen-bond acceptors (Lipinski definition) is 4. The van der Waals surface area contributed by atoms with Crippen LogP contribution in [0.5, 0.6) is 0 Å². The standard InChI is InChI=1S/C20H20N4O3/c1-13-11-27-9-8-24(13)20(26)14-2-5-16(6-3-14)23-19(25)15-4-7-17-18(10-15)22-12-21-17/h2-7,10,12-13H,8-9,11H2,1H3,(H,21,22)(H,23,25). The Kier molecular flexibility index (Phi) is 4.60. The zero-order chi connectivity index (χ0) is 18.8. The molecule has 0 spiro atoms. The number of carbonyl (C=O) groups is 2. The van der Waals surface area contributed by atoms with Gasteiger partial charge in [0.1, 0.15) is 0 Å². The largest absolute Gasteiger partial charge is 0.377 e. The molecule has 0 bridgehead atoms. The summed E-state index contributed by atoms with van der Waals surface area (Å²) in [5.41, 5.74) is 3.39. The van der Waals surface area contributed by atoms with Crippen molar-refractivity contribution in [1.29, 1.82) is 0 Å². The highest BCUT2D eigenvalue weighted by atomic mass is 16.5. The third kappa shape index (κ3) is 3.54. The van der Waals surface area contributed by atoms with Crippen molar-refractivity contribution in [2.45, 2.75) is 13.0 Å². The van der Waals surface area contributed by atoms with Crippen LogP contribution in [0.1, 0.15) is 27.6 Å². The van der Waals surface area contributed by atoms with Crippen molar-refractivity contribution in [2.24, 2.45) is 0 Å². The lowest BCUT2D eigenvalue weighted by atomic mass is 10.1. The van der Waals surface area contributed by atoms with Crippen LogP contribution in [0.15, 0.2) is 48.8 Å². The van der Waals surface area contributed by atoms with Gasteiger partial charge < -0.3 is 19.9 Å². The van der Waals surface area contributed by atoms with E-state index in [9.17, 15) is 9.59 Å². The van der Waals surface area contributed by atoms with Crippen LogP contribution in [0.3, 0.4) is 0 Å². The fourth-order valence-corrected chi connectivity index (χ4v) is 3.17. The molecule has 0 aliphatic carbocycles. The second-order valence-electron chi connectivity index (χ2n) is 6.59. The number of imidazole rings is 1. The second kappa shape index (κ2) is 7.20. The van der Waals surface area contributed by atoms with Gasteiger partial charge >= 0.3 is 0 Å². The molecule has 1 atom stereocenters. The summed E-state index contributed by atoms with van der Waals surface area (Å²) in [4.78, 5) is 34.0. The SMILES string of the molecule is CC1COCCN1C(=O)c1ccc(NC(=O)c2ccc3nc[nH]c3c2)cc1. The summed E-state index contributed by atoms with van der Waals surface area (Å²) in [7, 11) is 0. The van der Waals surface area contributed by atoms with Crippen molar-refractivity contribution in [1.82, 2.24) is 14.9 Å². The van der Waals surface area contributed by atoms with Gasteiger partial charge in [-0.05, 0) is 49.4 Å². The number of benzene rings is 2. The molecule has 1 saturated heterocycles. The van der Waals surface area contributed by atoms with Crippen LogP contribution in [0.2, 0.25) is 0 Å². The monoisotopic (exact) mass is 364 g/mol. The summed E-state index contributed by atoms with van der Waals surface area (Å²) in [6.07, 6.45) is 1.59. The minimum absolute atomic E-state index is 0.0200. The highest BCUT2D eigenvalue weighted by Crippen LogP contribution is 2.17. The zero-order valence-electron chi connectivity index (χ0n) is 14.9. The van der Waals surface area contributed by atoms with Gasteiger partial charge in [-0.2, -0.15) is 0 Å². The van der Waals surface area contributed by atoms with Crippen molar-refractivity contribution in [3.8, 4) is 0 Å². The molecule has 0 radical (unpaired) electrons. The smallest absolute Gasteiger partial charge is 0.255 e. The number of aromatic nitrogens is 2. The highest BCUT2D eigenvalue weighted by Gasteiger charge is 2.24. The van der Waals surface area contributed by atoms with E-state index in [4.69, 9.17) is 4.74 Å². The number of morpholine rings is 1. The van der Waals surface area contributed by atoms with Crippen LogP contribution in [-0.4, -0.2) is 52.5 Å². The van der Waals surface area contributed by atoms with Crippen LogP contribution < -0.4 is 5.32 Å². The minimum atomic E-state index is -0.215. The van der Waals surface area contributed by atoms with Crippen LogP contribution in [0.25, 0.3) is 11.0 Å². The number of fused-ring (bicyclic) bond motifs is 1. The van der Waals surface area contributed by atoms with E-state index in [0.717, 1.165) is 11.0 Å². The highest BCUT2D eigenvalue weighted by molar-refractivity contribution is 6.06. The number of nitrogens with zero attached hydrogens (tertiary/aromatic N) is 2. The molecular formula is C20H20N4O3. The number of rotatable bonds is 3. The zero-order valence-corrected chi connectivity index (χ0v) is 14.9. The molecule has 2 aromatic carbocycles. The van der Waals surface area contributed by atoms with E-state index in [1.807, 2.05) is 11.8 Å². The van der Waals surface area contributed by atoms with E-state index in [1.165, 1.54) is 0 Å². The summed E-state index contributed by atoms with van der Waals surface area (Å²) in [6.45, 7) is 3.68. The molecule has 2 amide bonds. The second-order valence-corrected chi connectivity index (χ2v) is 6.59. The van der Waals surface area contributed by atoms with Crippen molar-refractivity contribution >= 4 is 28.5 Å². The van der Waals surface area contributed by atoms with Crippen molar-refractivity contribution < 1.29 is 14.3 Å². The van der Waals surface area contributed by atoms with E-state index >= 15 is 0 Å². The molecule has 1 unspecified atom stereocenters. The average Bonchev–Trinajstić information content (AvgIpc) is 3.16. The molecule has 138 valence electrons. The molecular weight excluding hydrogens is 344 g/mol. The quantitative estimate of drug-likeness (QED) is 0.748. The number of aromatic amines is 1. The van der Waals surface area contributed by atoms with Gasteiger partial charge in [-0.3, -0.25) is 9.59 Å². The van der Waals surface area contributed by atoms with Gasteiger partial charge in [0.15, 0.2) is 0 Å². The van der Waals surface area contributed by atoms with E-state index < -0.39 is 0 Å². The fraction of sp³-hybridized carbons (Fsp3) is 0.250. The first-order chi connectivity index (χ1) is 13.1. The van der Waals surface area contributed by atoms with Crippen molar-refractivity contribution in [3.05, 3.63) is 59.9 Å². The summed E-state index contributed by atoms with van der Waals surface area (Å²) < 4.78 is 5.38. The molecule has 7 heteroatoms. The van der Waals surface area contributed by atoms with Crippen LogP contribution >= 0.6 is 0 Å². The van der Waals surface area contributed by atoms with E-state index in [1.54, 1.807) is 48.8 Å². The summed E-state index contributed by atoms with van der Waals surface area (Å²) in [5, 5.41) is 2.85. The lowest BCUT2D eigenvalue weighted by Gasteiger charge is -2.33. The summed E-state index contributed by atoms with van der Waals surface area (Å²) in [5.74, 6) is -0.235. The molecule has 2 N–H and O–H groups in total. The predicted octanol–water partition coefficient (Wildman–Crippen LogP) is 2.68. The van der Waals surface area contributed by atoms with E-state index in [0.29, 0.717) is 36.6 Å². The number of carbonyl (C=O) groups excluding carboxylic acids is 2. The number of hydrogen-bond donors (Lipinski definition) is 2. The number of anilines is 1. The van der Waals surface area contributed by atoms with Crippen LogP contribution in [0.4, 0.5) is 5.69 Å². The third-order valence-electron chi connectivity index (χ3n) is 4.70. The number of nitrogens with one attached hydrogen (secondary N) is 2. The Bertz CT molecular complexity index is 980. The molecule has 2 heterocycles. The lowest BCUT2D eigenvalue weighted by molar-refractivity contribution is 0.00359. The molecule has 1 aromatic heterocycles. The van der Waals surface area contributed by atoms with Crippen LogP contribution in [0, 0.1) is 0 Å². The summed E-state index contributed by atoms with van der Waals surface area (Å²) >= 11 is 0. The number of H-pyrrole nitrogens is 1. The third-order valence-corrected chi connectivity index (χ3v) is 4.70. The molecule has 27 heavy (non-hydrogen) atoms. The molecule has 1 aliphatic heterocycles. The first-order valence-electron chi connectivity index (χ1n) is 8.85. The normalized spacial score (nSPS) is 17.1. The van der Waals surface area contributed by atoms with Gasteiger partial charge in [-0.15, -0.1) is 0 Å². The van der Waals surface area contributed by atoms with Gasteiger partial charge in [-0.25, -0.2) is 4.98 Å². The van der Waals surface area contributed by atoms with Crippen LogP contribution in [-0.2, 0) is 4.74 Å². The first kappa shape index (κ1) is 17.2.